The number of thiocarbonyl (C=S) groups is 1. The molecule has 0 radical (unpaired) electrons. The lowest BCUT2D eigenvalue weighted by molar-refractivity contribution is 0.342. The van der Waals surface area contributed by atoms with E-state index in [1.165, 1.54) is 0 Å². The lowest BCUT2D eigenvalue weighted by Gasteiger charge is -2.22. The van der Waals surface area contributed by atoms with Crippen molar-refractivity contribution in [3.05, 3.63) is 48.0 Å². The number of methoxy groups -OCH3 is 2. The average Bonchev–Trinajstić information content (AvgIpc) is 2.67. The van der Waals surface area contributed by atoms with Crippen LogP contribution in [0, 0.1) is 0 Å². The van der Waals surface area contributed by atoms with Crippen molar-refractivity contribution < 1.29 is 14.2 Å². The molecule has 1 atom stereocenters. The van der Waals surface area contributed by atoms with E-state index < -0.39 is 0 Å². The van der Waals surface area contributed by atoms with Crippen LogP contribution >= 0.6 is 12.2 Å². The smallest absolute Gasteiger partial charge is 0.171 e. The molecule has 2 rings (SSSR count). The van der Waals surface area contributed by atoms with Crippen LogP contribution in [0.2, 0.25) is 0 Å². The van der Waals surface area contributed by atoms with E-state index in [4.69, 9.17) is 26.4 Å². The Labute approximate surface area is 160 Å². The van der Waals surface area contributed by atoms with Gasteiger partial charge in [0.2, 0.25) is 0 Å². The molecule has 5 nitrogen and oxygen atoms in total. The van der Waals surface area contributed by atoms with Crippen molar-refractivity contribution in [3.63, 3.8) is 0 Å². The van der Waals surface area contributed by atoms with Gasteiger partial charge in [-0.05, 0) is 55.4 Å². The second-order valence-electron chi connectivity index (χ2n) is 5.60. The van der Waals surface area contributed by atoms with E-state index in [9.17, 15) is 0 Å². The first kappa shape index (κ1) is 19.8. The SMILES string of the molecule is CCOc1ccccc1NC(=S)NC(CC)c1ccc(OC)c(OC)c1. The van der Waals surface area contributed by atoms with Crippen LogP contribution in [0.3, 0.4) is 0 Å². The normalized spacial score (nSPS) is 11.4. The largest absolute Gasteiger partial charge is 0.493 e. The molecule has 140 valence electrons. The standard InChI is InChI=1S/C20H26N2O3S/c1-5-15(14-11-12-18(23-3)19(13-14)24-4)21-20(26)22-16-9-7-8-10-17(16)25-6-2/h7-13,15H,5-6H2,1-4H3,(H2,21,22,26). The molecule has 2 aromatic rings. The Morgan fingerprint density at radius 2 is 1.73 bits per heavy atom. The topological polar surface area (TPSA) is 51.8 Å². The van der Waals surface area contributed by atoms with Crippen molar-refractivity contribution >= 4 is 23.0 Å². The van der Waals surface area contributed by atoms with Gasteiger partial charge in [0.15, 0.2) is 16.6 Å². The molecule has 2 aromatic carbocycles. The number of hydrogen-bond acceptors (Lipinski definition) is 4. The lowest BCUT2D eigenvalue weighted by atomic mass is 10.0. The summed E-state index contributed by atoms with van der Waals surface area (Å²) < 4.78 is 16.3. The van der Waals surface area contributed by atoms with Gasteiger partial charge in [-0.25, -0.2) is 0 Å². The van der Waals surface area contributed by atoms with Gasteiger partial charge >= 0.3 is 0 Å². The Morgan fingerprint density at radius 1 is 1.00 bits per heavy atom. The van der Waals surface area contributed by atoms with Gasteiger partial charge in [0.1, 0.15) is 5.75 Å². The molecule has 0 aromatic heterocycles. The third-order valence-electron chi connectivity index (χ3n) is 3.96. The first-order valence-corrected chi connectivity index (χ1v) is 9.05. The summed E-state index contributed by atoms with van der Waals surface area (Å²) in [6, 6.07) is 13.7. The van der Waals surface area contributed by atoms with E-state index in [0.717, 1.165) is 23.4 Å². The summed E-state index contributed by atoms with van der Waals surface area (Å²) in [5.74, 6) is 2.18. The molecule has 2 N–H and O–H groups in total. The molecule has 0 bridgehead atoms. The fourth-order valence-corrected chi connectivity index (χ4v) is 2.91. The van der Waals surface area contributed by atoms with E-state index in [1.54, 1.807) is 14.2 Å². The number of anilines is 1. The molecule has 0 amide bonds. The molecule has 0 spiro atoms. The summed E-state index contributed by atoms with van der Waals surface area (Å²) >= 11 is 5.50. The number of nitrogens with one attached hydrogen (secondary N) is 2. The van der Waals surface area contributed by atoms with E-state index in [1.807, 2.05) is 49.4 Å². The van der Waals surface area contributed by atoms with Crippen molar-refractivity contribution in [2.75, 3.05) is 26.1 Å². The third kappa shape index (κ3) is 5.02. The van der Waals surface area contributed by atoms with Gasteiger partial charge in [-0.2, -0.15) is 0 Å². The molecular weight excluding hydrogens is 348 g/mol. The molecule has 0 fully saturated rings. The Hall–Kier alpha value is -2.47. The second-order valence-corrected chi connectivity index (χ2v) is 6.01. The van der Waals surface area contributed by atoms with E-state index in [-0.39, 0.29) is 6.04 Å². The van der Waals surface area contributed by atoms with E-state index in [2.05, 4.69) is 17.6 Å². The third-order valence-corrected chi connectivity index (χ3v) is 4.18. The maximum atomic E-state index is 5.63. The minimum absolute atomic E-state index is 0.0501. The molecule has 26 heavy (non-hydrogen) atoms. The molecule has 0 heterocycles. The Balaban J connectivity index is 2.11. The summed E-state index contributed by atoms with van der Waals surface area (Å²) in [6.07, 6.45) is 0.865. The maximum absolute atomic E-state index is 5.63. The predicted molar refractivity (Wildman–Crippen MR) is 110 cm³/mol. The average molecular weight is 375 g/mol. The predicted octanol–water partition coefficient (Wildman–Crippen LogP) is 4.54. The van der Waals surface area contributed by atoms with Crippen molar-refractivity contribution in [1.29, 1.82) is 0 Å². The highest BCUT2D eigenvalue weighted by molar-refractivity contribution is 7.80. The van der Waals surface area contributed by atoms with Gasteiger partial charge in [0.25, 0.3) is 0 Å². The summed E-state index contributed by atoms with van der Waals surface area (Å²) in [7, 11) is 3.26. The fraction of sp³-hybridized carbons (Fsp3) is 0.350. The lowest BCUT2D eigenvalue weighted by Crippen LogP contribution is -2.32. The van der Waals surface area contributed by atoms with Gasteiger partial charge in [0, 0.05) is 0 Å². The first-order valence-electron chi connectivity index (χ1n) is 8.64. The molecule has 0 saturated carbocycles. The summed E-state index contributed by atoms with van der Waals surface area (Å²) in [4.78, 5) is 0. The highest BCUT2D eigenvalue weighted by Crippen LogP contribution is 2.31. The molecule has 0 aliphatic carbocycles. The Morgan fingerprint density at radius 3 is 2.38 bits per heavy atom. The highest BCUT2D eigenvalue weighted by atomic mass is 32.1. The van der Waals surface area contributed by atoms with Crippen molar-refractivity contribution in [2.24, 2.45) is 0 Å². The minimum Gasteiger partial charge on any atom is -0.493 e. The molecule has 0 saturated heterocycles. The Bertz CT molecular complexity index is 737. The number of ether oxygens (including phenoxy) is 3. The molecule has 1 unspecified atom stereocenters. The van der Waals surface area contributed by atoms with Crippen LogP contribution in [-0.4, -0.2) is 25.9 Å². The zero-order valence-corrected chi connectivity index (χ0v) is 16.5. The Kier molecular flexibility index (Phi) is 7.53. The van der Waals surface area contributed by atoms with Gasteiger partial charge in [-0.15, -0.1) is 0 Å². The fourth-order valence-electron chi connectivity index (χ4n) is 2.66. The molecule has 6 heteroatoms. The number of hydrogen-bond donors (Lipinski definition) is 2. The quantitative estimate of drug-likeness (QED) is 0.662. The van der Waals surface area contributed by atoms with Crippen LogP contribution in [-0.2, 0) is 0 Å². The zero-order chi connectivity index (χ0) is 18.9. The van der Waals surface area contributed by atoms with Crippen molar-refractivity contribution in [2.45, 2.75) is 26.3 Å². The number of para-hydroxylation sites is 2. The van der Waals surface area contributed by atoms with Crippen LogP contribution in [0.5, 0.6) is 17.2 Å². The van der Waals surface area contributed by atoms with E-state index in [0.29, 0.717) is 23.2 Å². The van der Waals surface area contributed by atoms with Crippen molar-refractivity contribution in [3.8, 4) is 17.2 Å². The van der Waals surface area contributed by atoms with Crippen LogP contribution in [0.4, 0.5) is 5.69 Å². The zero-order valence-electron chi connectivity index (χ0n) is 15.7. The summed E-state index contributed by atoms with van der Waals surface area (Å²) in [6.45, 7) is 4.66. The monoisotopic (exact) mass is 374 g/mol. The van der Waals surface area contributed by atoms with E-state index >= 15 is 0 Å². The van der Waals surface area contributed by atoms with Crippen LogP contribution in [0.15, 0.2) is 42.5 Å². The highest BCUT2D eigenvalue weighted by Gasteiger charge is 2.14. The van der Waals surface area contributed by atoms with Crippen LogP contribution in [0.1, 0.15) is 31.9 Å². The second kappa shape index (κ2) is 9.87. The molecular formula is C20H26N2O3S. The summed E-state index contributed by atoms with van der Waals surface area (Å²) in [5, 5.41) is 7.12. The van der Waals surface area contributed by atoms with Gasteiger partial charge in [0.05, 0.1) is 32.6 Å². The van der Waals surface area contributed by atoms with Gasteiger partial charge < -0.3 is 24.8 Å². The van der Waals surface area contributed by atoms with Gasteiger partial charge in [-0.3, -0.25) is 0 Å². The van der Waals surface area contributed by atoms with Crippen molar-refractivity contribution in [1.82, 2.24) is 5.32 Å². The first-order chi connectivity index (χ1) is 12.6. The minimum atomic E-state index is 0.0501. The molecule has 0 aliphatic rings. The van der Waals surface area contributed by atoms with Crippen LogP contribution < -0.4 is 24.8 Å². The molecule has 0 aliphatic heterocycles. The summed E-state index contributed by atoms with van der Waals surface area (Å²) in [5.41, 5.74) is 1.92. The van der Waals surface area contributed by atoms with Gasteiger partial charge in [-0.1, -0.05) is 25.1 Å². The van der Waals surface area contributed by atoms with Crippen LogP contribution in [0.25, 0.3) is 0 Å². The number of benzene rings is 2. The maximum Gasteiger partial charge on any atom is 0.171 e. The number of rotatable bonds is 8.